The summed E-state index contributed by atoms with van der Waals surface area (Å²) >= 11 is 23.3. The first-order chi connectivity index (χ1) is 15.1. The second-order valence-corrected chi connectivity index (χ2v) is 9.51. The summed E-state index contributed by atoms with van der Waals surface area (Å²) in [6.07, 6.45) is -1.15. The highest BCUT2D eigenvalue weighted by molar-refractivity contribution is 7.80. The standard InChI is InChI=1S/C21H17Cl3N4O3S/c22-21(23,24)19(27-20(32)25-16-10-3-4-11-17(16)28(30)31)26-18(29)12-14-8-5-7-13-6-1-2-9-15(13)14/h1-11,19H,12H2,(H,26,29)(H2,25,27,32)/t19-/m0/s1. The van der Waals surface area contributed by atoms with Gasteiger partial charge in [-0.15, -0.1) is 0 Å². The molecule has 1 amide bonds. The van der Waals surface area contributed by atoms with E-state index in [9.17, 15) is 14.9 Å². The molecule has 0 aliphatic rings. The molecule has 3 N–H and O–H groups in total. The second-order valence-electron chi connectivity index (χ2n) is 6.73. The lowest BCUT2D eigenvalue weighted by atomic mass is 10.0. The van der Waals surface area contributed by atoms with Crippen LogP contribution in [0.1, 0.15) is 5.56 Å². The molecule has 3 rings (SSSR count). The minimum atomic E-state index is -1.96. The van der Waals surface area contributed by atoms with Crippen LogP contribution in [-0.4, -0.2) is 25.9 Å². The van der Waals surface area contributed by atoms with Gasteiger partial charge in [0.25, 0.3) is 5.69 Å². The van der Waals surface area contributed by atoms with Crippen LogP contribution in [0, 0.1) is 10.1 Å². The third-order valence-electron chi connectivity index (χ3n) is 4.49. The first-order valence-electron chi connectivity index (χ1n) is 9.29. The van der Waals surface area contributed by atoms with Crippen molar-refractivity contribution in [2.45, 2.75) is 16.4 Å². The Morgan fingerprint density at radius 3 is 2.38 bits per heavy atom. The minimum Gasteiger partial charge on any atom is -0.339 e. The number of carbonyl (C=O) groups is 1. The van der Waals surface area contributed by atoms with Gasteiger partial charge in [0.1, 0.15) is 11.9 Å². The molecule has 0 radical (unpaired) electrons. The quantitative estimate of drug-likeness (QED) is 0.140. The zero-order valence-electron chi connectivity index (χ0n) is 16.3. The fraction of sp³-hybridized carbons (Fsp3) is 0.143. The van der Waals surface area contributed by atoms with Crippen LogP contribution in [0.5, 0.6) is 0 Å². The van der Waals surface area contributed by atoms with E-state index in [2.05, 4.69) is 16.0 Å². The zero-order chi connectivity index (χ0) is 23.3. The number of para-hydroxylation sites is 2. The average molecular weight is 512 g/mol. The van der Waals surface area contributed by atoms with E-state index >= 15 is 0 Å². The SMILES string of the molecule is O=C(Cc1cccc2ccccc12)N[C@@H](NC(=S)Nc1ccccc1[N+](=O)[O-])C(Cl)(Cl)Cl. The highest BCUT2D eigenvalue weighted by atomic mass is 35.6. The average Bonchev–Trinajstić information content (AvgIpc) is 2.73. The molecule has 11 heteroatoms. The van der Waals surface area contributed by atoms with Gasteiger partial charge >= 0.3 is 0 Å². The topological polar surface area (TPSA) is 96.3 Å². The van der Waals surface area contributed by atoms with Gasteiger partial charge < -0.3 is 16.0 Å². The number of nitrogens with zero attached hydrogens (tertiary/aromatic N) is 1. The van der Waals surface area contributed by atoms with Crippen molar-refractivity contribution in [3.8, 4) is 0 Å². The predicted octanol–water partition coefficient (Wildman–Crippen LogP) is 5.09. The van der Waals surface area contributed by atoms with Crippen molar-refractivity contribution in [2.24, 2.45) is 0 Å². The number of hydrogen-bond donors (Lipinski definition) is 3. The summed E-state index contributed by atoms with van der Waals surface area (Å²) in [6, 6.07) is 19.3. The largest absolute Gasteiger partial charge is 0.339 e. The van der Waals surface area contributed by atoms with Gasteiger partial charge in [-0.2, -0.15) is 0 Å². The lowest BCUT2D eigenvalue weighted by Gasteiger charge is -2.27. The van der Waals surface area contributed by atoms with E-state index < -0.39 is 20.8 Å². The third-order valence-corrected chi connectivity index (χ3v) is 5.36. The molecule has 1 atom stereocenters. The summed E-state index contributed by atoms with van der Waals surface area (Å²) in [4.78, 5) is 23.3. The Labute approximate surface area is 204 Å². The van der Waals surface area contributed by atoms with E-state index in [0.29, 0.717) is 0 Å². The van der Waals surface area contributed by atoms with Crippen LogP contribution in [-0.2, 0) is 11.2 Å². The fourth-order valence-electron chi connectivity index (χ4n) is 3.06. The van der Waals surface area contributed by atoms with Crippen LogP contribution in [0.4, 0.5) is 11.4 Å². The lowest BCUT2D eigenvalue weighted by Crippen LogP contribution is -2.56. The summed E-state index contributed by atoms with van der Waals surface area (Å²) in [5, 5.41) is 21.1. The molecule has 3 aromatic rings. The maximum absolute atomic E-state index is 12.7. The number of fused-ring (bicyclic) bond motifs is 1. The Kier molecular flexibility index (Phi) is 7.73. The number of hydrogen-bond acceptors (Lipinski definition) is 4. The molecule has 32 heavy (non-hydrogen) atoms. The number of alkyl halides is 3. The third kappa shape index (κ3) is 6.20. The number of halogens is 3. The molecule has 0 spiro atoms. The van der Waals surface area contributed by atoms with Gasteiger partial charge in [0, 0.05) is 6.07 Å². The number of nitrogens with one attached hydrogen (secondary N) is 3. The van der Waals surface area contributed by atoms with E-state index in [1.807, 2.05) is 42.5 Å². The molecule has 0 saturated carbocycles. The molecule has 0 aromatic heterocycles. The molecule has 0 aliphatic heterocycles. The number of rotatable bonds is 6. The summed E-state index contributed by atoms with van der Waals surface area (Å²) < 4.78 is -1.96. The van der Waals surface area contributed by atoms with Crippen molar-refractivity contribution in [3.05, 3.63) is 82.4 Å². The number of benzene rings is 3. The van der Waals surface area contributed by atoms with Crippen molar-refractivity contribution in [1.82, 2.24) is 10.6 Å². The number of nitro groups is 1. The van der Waals surface area contributed by atoms with Gasteiger partial charge in [0.2, 0.25) is 9.70 Å². The Morgan fingerprint density at radius 1 is 1.00 bits per heavy atom. The Hall–Kier alpha value is -2.65. The minimum absolute atomic E-state index is 0.0463. The molecular weight excluding hydrogens is 495 g/mol. The van der Waals surface area contributed by atoms with Crippen molar-refractivity contribution < 1.29 is 9.72 Å². The fourth-order valence-corrected chi connectivity index (χ4v) is 3.61. The first-order valence-corrected chi connectivity index (χ1v) is 10.8. The van der Waals surface area contributed by atoms with Crippen LogP contribution in [0.15, 0.2) is 66.7 Å². The molecule has 0 unspecified atom stereocenters. The molecule has 0 aliphatic carbocycles. The Morgan fingerprint density at radius 2 is 1.66 bits per heavy atom. The van der Waals surface area contributed by atoms with Crippen molar-refractivity contribution in [2.75, 3.05) is 5.32 Å². The smallest absolute Gasteiger partial charge is 0.292 e. The number of amides is 1. The van der Waals surface area contributed by atoms with Crippen molar-refractivity contribution in [1.29, 1.82) is 0 Å². The van der Waals surface area contributed by atoms with E-state index in [4.69, 9.17) is 47.0 Å². The maximum Gasteiger partial charge on any atom is 0.292 e. The molecule has 166 valence electrons. The van der Waals surface area contributed by atoms with Crippen molar-refractivity contribution >= 4 is 80.2 Å². The molecule has 0 heterocycles. The summed E-state index contributed by atoms with van der Waals surface area (Å²) in [5.41, 5.74) is 0.784. The maximum atomic E-state index is 12.7. The van der Waals surface area contributed by atoms with E-state index in [1.54, 1.807) is 6.07 Å². The van der Waals surface area contributed by atoms with Crippen molar-refractivity contribution in [3.63, 3.8) is 0 Å². The molecule has 7 nitrogen and oxygen atoms in total. The first kappa shape index (κ1) is 24.0. The van der Waals surface area contributed by atoms with Gasteiger partial charge in [0.05, 0.1) is 11.3 Å². The van der Waals surface area contributed by atoms with Crippen LogP contribution >= 0.6 is 47.0 Å². The normalized spacial score (nSPS) is 12.1. The molecule has 0 bridgehead atoms. The van der Waals surface area contributed by atoms with Gasteiger partial charge in [-0.3, -0.25) is 14.9 Å². The summed E-state index contributed by atoms with van der Waals surface area (Å²) in [7, 11) is 0. The molecular formula is C21H17Cl3N4O3S. The summed E-state index contributed by atoms with van der Waals surface area (Å²) in [6.45, 7) is 0. The number of thiocarbonyl (C=S) groups is 1. The van der Waals surface area contributed by atoms with Gasteiger partial charge in [-0.05, 0) is 34.6 Å². The molecule has 0 fully saturated rings. The number of carbonyl (C=O) groups excluding carboxylic acids is 1. The highest BCUT2D eigenvalue weighted by Gasteiger charge is 2.35. The molecule has 0 saturated heterocycles. The van der Waals surface area contributed by atoms with E-state index in [-0.39, 0.29) is 22.9 Å². The lowest BCUT2D eigenvalue weighted by molar-refractivity contribution is -0.383. The highest BCUT2D eigenvalue weighted by Crippen LogP contribution is 2.30. The zero-order valence-corrected chi connectivity index (χ0v) is 19.4. The van der Waals surface area contributed by atoms with E-state index in [0.717, 1.165) is 16.3 Å². The van der Waals surface area contributed by atoms with Crippen LogP contribution in [0.25, 0.3) is 10.8 Å². The second kappa shape index (κ2) is 10.3. The van der Waals surface area contributed by atoms with Crippen LogP contribution < -0.4 is 16.0 Å². The molecule has 3 aromatic carbocycles. The number of anilines is 1. The summed E-state index contributed by atoms with van der Waals surface area (Å²) in [5.74, 6) is -0.404. The van der Waals surface area contributed by atoms with Gasteiger partial charge in [0.15, 0.2) is 5.11 Å². The van der Waals surface area contributed by atoms with E-state index in [1.165, 1.54) is 18.2 Å². The van der Waals surface area contributed by atoms with Gasteiger partial charge in [-0.25, -0.2) is 0 Å². The predicted molar refractivity (Wildman–Crippen MR) is 132 cm³/mol. The Bertz CT molecular complexity index is 1160. The van der Waals surface area contributed by atoms with Gasteiger partial charge in [-0.1, -0.05) is 89.4 Å². The van der Waals surface area contributed by atoms with Crippen LogP contribution in [0.3, 0.4) is 0 Å². The monoisotopic (exact) mass is 510 g/mol. The number of nitro benzene ring substituents is 1. The Balaban J connectivity index is 1.71. The van der Waals surface area contributed by atoms with Crippen LogP contribution in [0.2, 0.25) is 0 Å².